The van der Waals surface area contributed by atoms with Crippen molar-refractivity contribution in [2.24, 2.45) is 0 Å². The van der Waals surface area contributed by atoms with Gasteiger partial charge in [-0.2, -0.15) is 0 Å². The Balaban J connectivity index is 1.81. The van der Waals surface area contributed by atoms with Crippen LogP contribution in [0.15, 0.2) is 53.9 Å². The molecular weight excluding hydrogens is 323 g/mol. The van der Waals surface area contributed by atoms with Crippen LogP contribution in [0.25, 0.3) is 10.6 Å². The number of nitrogens with zero attached hydrogens (tertiary/aromatic N) is 1. The lowest BCUT2D eigenvalue weighted by Crippen LogP contribution is -2.13. The molecule has 0 spiro atoms. The molecule has 1 N–H and O–H groups in total. The molecular formula is C16H10ClFN2OS. The predicted molar refractivity (Wildman–Crippen MR) is 86.9 cm³/mol. The van der Waals surface area contributed by atoms with E-state index in [9.17, 15) is 9.18 Å². The van der Waals surface area contributed by atoms with Gasteiger partial charge in [0.1, 0.15) is 16.5 Å². The number of thiazole rings is 1. The molecule has 0 fully saturated rings. The number of aromatic nitrogens is 1. The Bertz CT molecular complexity index is 820. The zero-order valence-corrected chi connectivity index (χ0v) is 12.8. The van der Waals surface area contributed by atoms with Gasteiger partial charge in [-0.15, -0.1) is 11.3 Å². The van der Waals surface area contributed by atoms with Crippen molar-refractivity contribution < 1.29 is 9.18 Å². The fraction of sp³-hybridized carbons (Fsp3) is 0. The van der Waals surface area contributed by atoms with E-state index in [-0.39, 0.29) is 11.4 Å². The van der Waals surface area contributed by atoms with Gasteiger partial charge in [0.25, 0.3) is 5.91 Å². The minimum atomic E-state index is -0.545. The predicted octanol–water partition coefficient (Wildman–Crippen LogP) is 4.85. The first-order chi connectivity index (χ1) is 10.6. The number of carbonyl (C=O) groups excluding carboxylic acids is 1. The summed E-state index contributed by atoms with van der Waals surface area (Å²) in [6.07, 6.45) is 0. The van der Waals surface area contributed by atoms with Gasteiger partial charge in [0, 0.05) is 16.0 Å². The van der Waals surface area contributed by atoms with Crippen molar-refractivity contribution in [1.82, 2.24) is 4.98 Å². The maximum absolute atomic E-state index is 13.6. The first-order valence-electron chi connectivity index (χ1n) is 6.41. The van der Waals surface area contributed by atoms with Crippen LogP contribution < -0.4 is 5.32 Å². The molecule has 0 unspecified atom stereocenters. The van der Waals surface area contributed by atoms with Crippen molar-refractivity contribution in [3.63, 3.8) is 0 Å². The van der Waals surface area contributed by atoms with Crippen LogP contribution in [0.5, 0.6) is 0 Å². The van der Waals surface area contributed by atoms with Crippen LogP contribution in [-0.2, 0) is 0 Å². The molecule has 0 atom stereocenters. The molecule has 0 radical (unpaired) electrons. The zero-order chi connectivity index (χ0) is 15.5. The second kappa shape index (κ2) is 6.25. The second-order valence-corrected chi connectivity index (χ2v) is 5.78. The van der Waals surface area contributed by atoms with E-state index in [1.807, 2.05) is 30.3 Å². The molecule has 1 heterocycles. The molecule has 0 aliphatic heterocycles. The third-order valence-electron chi connectivity index (χ3n) is 2.93. The number of benzene rings is 2. The lowest BCUT2D eigenvalue weighted by Gasteiger charge is -2.05. The third-order valence-corrected chi connectivity index (χ3v) is 4.06. The topological polar surface area (TPSA) is 42.0 Å². The summed E-state index contributed by atoms with van der Waals surface area (Å²) in [5, 5.41) is 5.20. The van der Waals surface area contributed by atoms with Crippen molar-refractivity contribution in [1.29, 1.82) is 0 Å². The molecule has 0 aliphatic carbocycles. The zero-order valence-electron chi connectivity index (χ0n) is 11.2. The average molecular weight is 333 g/mol. The quantitative estimate of drug-likeness (QED) is 0.744. The van der Waals surface area contributed by atoms with E-state index in [0.717, 1.165) is 10.6 Å². The van der Waals surface area contributed by atoms with E-state index in [4.69, 9.17) is 11.6 Å². The Morgan fingerprint density at radius 2 is 1.95 bits per heavy atom. The Labute approximate surface area is 135 Å². The number of amides is 1. The van der Waals surface area contributed by atoms with Gasteiger partial charge in [-0.3, -0.25) is 4.79 Å². The van der Waals surface area contributed by atoms with Crippen LogP contribution in [0.3, 0.4) is 0 Å². The Morgan fingerprint density at radius 3 is 2.73 bits per heavy atom. The highest BCUT2D eigenvalue weighted by Crippen LogP contribution is 2.24. The summed E-state index contributed by atoms with van der Waals surface area (Å²) in [5.74, 6) is -1.02. The second-order valence-electron chi connectivity index (χ2n) is 4.48. The van der Waals surface area contributed by atoms with Crippen LogP contribution in [-0.4, -0.2) is 10.9 Å². The van der Waals surface area contributed by atoms with Gasteiger partial charge in [0.15, 0.2) is 0 Å². The normalized spacial score (nSPS) is 10.5. The van der Waals surface area contributed by atoms with Crippen LogP contribution >= 0.6 is 22.9 Å². The summed E-state index contributed by atoms with van der Waals surface area (Å²) in [6, 6.07) is 13.5. The van der Waals surface area contributed by atoms with Crippen LogP contribution in [0.4, 0.5) is 10.1 Å². The molecule has 22 heavy (non-hydrogen) atoms. The van der Waals surface area contributed by atoms with E-state index >= 15 is 0 Å². The average Bonchev–Trinajstić information content (AvgIpc) is 3.02. The van der Waals surface area contributed by atoms with Crippen molar-refractivity contribution in [3.05, 3.63) is 70.4 Å². The molecule has 3 nitrogen and oxygen atoms in total. The minimum absolute atomic E-state index is 0.0340. The van der Waals surface area contributed by atoms with Crippen molar-refractivity contribution in [2.45, 2.75) is 0 Å². The molecule has 3 aromatic rings. The third kappa shape index (κ3) is 3.16. The molecule has 3 rings (SSSR count). The lowest BCUT2D eigenvalue weighted by molar-refractivity contribution is 0.102. The summed E-state index contributed by atoms with van der Waals surface area (Å²) >= 11 is 7.16. The van der Waals surface area contributed by atoms with Crippen molar-refractivity contribution >= 4 is 34.5 Å². The highest BCUT2D eigenvalue weighted by molar-refractivity contribution is 7.13. The fourth-order valence-corrected chi connectivity index (χ4v) is 2.85. The van der Waals surface area contributed by atoms with E-state index in [1.54, 1.807) is 5.38 Å². The van der Waals surface area contributed by atoms with Gasteiger partial charge < -0.3 is 5.32 Å². The van der Waals surface area contributed by atoms with E-state index in [1.165, 1.54) is 29.5 Å². The maximum atomic E-state index is 13.6. The highest BCUT2D eigenvalue weighted by atomic mass is 35.5. The molecule has 6 heteroatoms. The number of nitrogens with one attached hydrogen (secondary N) is 1. The van der Waals surface area contributed by atoms with E-state index < -0.39 is 11.7 Å². The molecule has 2 aromatic carbocycles. The molecule has 0 saturated heterocycles. The Morgan fingerprint density at radius 1 is 1.18 bits per heavy atom. The first kappa shape index (κ1) is 14.7. The maximum Gasteiger partial charge on any atom is 0.275 e. The summed E-state index contributed by atoms with van der Waals surface area (Å²) in [5.41, 5.74) is 1.20. The van der Waals surface area contributed by atoms with E-state index in [2.05, 4.69) is 10.3 Å². The lowest BCUT2D eigenvalue weighted by atomic mass is 10.2. The minimum Gasteiger partial charge on any atom is -0.318 e. The van der Waals surface area contributed by atoms with Crippen molar-refractivity contribution in [3.8, 4) is 10.6 Å². The van der Waals surface area contributed by atoms with Crippen LogP contribution in [0.1, 0.15) is 10.5 Å². The highest BCUT2D eigenvalue weighted by Gasteiger charge is 2.14. The van der Waals surface area contributed by atoms with Crippen LogP contribution in [0.2, 0.25) is 5.02 Å². The number of anilines is 1. The molecule has 1 amide bonds. The van der Waals surface area contributed by atoms with Gasteiger partial charge in [-0.25, -0.2) is 9.37 Å². The molecule has 0 saturated carbocycles. The van der Waals surface area contributed by atoms with Gasteiger partial charge in [-0.05, 0) is 18.2 Å². The Kier molecular flexibility index (Phi) is 4.18. The standard InChI is InChI=1S/C16H10ClFN2OS/c17-11-6-7-12(18)13(8-11)19-15(21)14-9-22-16(20-14)10-4-2-1-3-5-10/h1-9H,(H,19,21). The number of hydrogen-bond acceptors (Lipinski definition) is 3. The van der Waals surface area contributed by atoms with Gasteiger partial charge in [0.05, 0.1) is 5.69 Å². The molecule has 0 aliphatic rings. The summed E-state index contributed by atoms with van der Waals surface area (Å²) < 4.78 is 13.6. The van der Waals surface area contributed by atoms with Crippen LogP contribution in [0, 0.1) is 5.82 Å². The summed E-state index contributed by atoms with van der Waals surface area (Å²) in [4.78, 5) is 16.4. The Hall–Kier alpha value is -2.24. The van der Waals surface area contributed by atoms with Gasteiger partial charge in [0.2, 0.25) is 0 Å². The van der Waals surface area contributed by atoms with Crippen molar-refractivity contribution in [2.75, 3.05) is 5.32 Å². The first-order valence-corrected chi connectivity index (χ1v) is 7.66. The molecule has 0 bridgehead atoms. The SMILES string of the molecule is O=C(Nc1cc(Cl)ccc1F)c1csc(-c2ccccc2)n1. The molecule has 110 valence electrons. The number of carbonyl (C=O) groups is 1. The van der Waals surface area contributed by atoms with Gasteiger partial charge >= 0.3 is 0 Å². The fourth-order valence-electron chi connectivity index (χ4n) is 1.87. The number of rotatable bonds is 3. The smallest absolute Gasteiger partial charge is 0.275 e. The number of hydrogen-bond donors (Lipinski definition) is 1. The number of halogens is 2. The molecule has 1 aromatic heterocycles. The monoisotopic (exact) mass is 332 g/mol. The largest absolute Gasteiger partial charge is 0.318 e. The van der Waals surface area contributed by atoms with E-state index in [0.29, 0.717) is 5.02 Å². The van der Waals surface area contributed by atoms with Gasteiger partial charge in [-0.1, -0.05) is 41.9 Å². The summed E-state index contributed by atoms with van der Waals surface area (Å²) in [6.45, 7) is 0. The summed E-state index contributed by atoms with van der Waals surface area (Å²) in [7, 11) is 0.